The maximum atomic E-state index is 13.7. The van der Waals surface area contributed by atoms with E-state index in [1.165, 1.54) is 4.88 Å². The Morgan fingerprint density at radius 2 is 2.00 bits per heavy atom. The van der Waals surface area contributed by atoms with Crippen molar-refractivity contribution >= 4 is 21.4 Å². The molecule has 1 fully saturated rings. The molecule has 0 unspecified atom stereocenters. The van der Waals surface area contributed by atoms with Gasteiger partial charge in [-0.1, -0.05) is 18.2 Å². The number of rotatable bonds is 9. The zero-order chi connectivity index (χ0) is 22.4. The molecule has 1 aliphatic rings. The topological polar surface area (TPSA) is 62.7 Å². The lowest BCUT2D eigenvalue weighted by molar-refractivity contribution is 0.157. The molecule has 1 aliphatic heterocycles. The zero-order valence-corrected chi connectivity index (χ0v) is 19.9. The van der Waals surface area contributed by atoms with Crippen LogP contribution in [0.2, 0.25) is 0 Å². The molecule has 170 valence electrons. The summed E-state index contributed by atoms with van der Waals surface area (Å²) in [6.45, 7) is 3.12. The van der Waals surface area contributed by atoms with Crippen molar-refractivity contribution < 1.29 is 13.2 Å². The highest BCUT2D eigenvalue weighted by Gasteiger charge is 2.34. The fourth-order valence-corrected chi connectivity index (χ4v) is 6.54. The van der Waals surface area contributed by atoms with Crippen LogP contribution in [0.5, 0.6) is 5.75 Å². The molecule has 1 aromatic carbocycles. The Morgan fingerprint density at radius 1 is 1.16 bits per heavy atom. The van der Waals surface area contributed by atoms with Crippen molar-refractivity contribution in [1.29, 1.82) is 0 Å². The highest BCUT2D eigenvalue weighted by atomic mass is 32.2. The van der Waals surface area contributed by atoms with Crippen molar-refractivity contribution in [3.8, 4) is 5.75 Å². The summed E-state index contributed by atoms with van der Waals surface area (Å²) in [5.41, 5.74) is 0.888. The average Bonchev–Trinajstić information content (AvgIpc) is 3.36. The van der Waals surface area contributed by atoms with Gasteiger partial charge in [0, 0.05) is 42.5 Å². The normalized spacial score (nSPS) is 15.8. The minimum Gasteiger partial charge on any atom is -0.497 e. The van der Waals surface area contributed by atoms with Gasteiger partial charge in [0.05, 0.1) is 12.0 Å². The molecule has 0 aliphatic carbocycles. The van der Waals surface area contributed by atoms with Crippen LogP contribution in [0, 0.1) is 0 Å². The number of ether oxygens (including phenoxy) is 1. The minimum atomic E-state index is -3.69. The predicted molar refractivity (Wildman–Crippen MR) is 127 cm³/mol. The molecule has 8 heteroatoms. The van der Waals surface area contributed by atoms with Crippen LogP contribution in [-0.2, 0) is 23.0 Å². The molecule has 0 atom stereocenters. The van der Waals surface area contributed by atoms with Crippen LogP contribution >= 0.6 is 11.3 Å². The van der Waals surface area contributed by atoms with E-state index in [0.717, 1.165) is 44.5 Å². The molecule has 0 spiro atoms. The number of pyridine rings is 1. The molecule has 0 bridgehead atoms. The zero-order valence-electron chi connectivity index (χ0n) is 18.3. The van der Waals surface area contributed by atoms with E-state index in [0.29, 0.717) is 12.3 Å². The van der Waals surface area contributed by atoms with Crippen LogP contribution in [-0.4, -0.2) is 55.4 Å². The first kappa shape index (κ1) is 22.9. The second-order valence-electron chi connectivity index (χ2n) is 7.99. The van der Waals surface area contributed by atoms with Gasteiger partial charge < -0.3 is 9.64 Å². The van der Waals surface area contributed by atoms with Crippen LogP contribution in [0.4, 0.5) is 0 Å². The first-order chi connectivity index (χ1) is 15.6. The van der Waals surface area contributed by atoms with Gasteiger partial charge in [0.2, 0.25) is 10.0 Å². The van der Waals surface area contributed by atoms with E-state index < -0.39 is 10.0 Å². The first-order valence-corrected chi connectivity index (χ1v) is 13.2. The van der Waals surface area contributed by atoms with Crippen LogP contribution in [0.25, 0.3) is 0 Å². The molecule has 6 nitrogen and oxygen atoms in total. The van der Waals surface area contributed by atoms with E-state index in [4.69, 9.17) is 4.74 Å². The molecule has 0 radical (unpaired) electrons. The van der Waals surface area contributed by atoms with Crippen LogP contribution in [0.1, 0.15) is 23.3 Å². The number of thiophene rings is 1. The molecule has 3 aromatic rings. The van der Waals surface area contributed by atoms with E-state index in [9.17, 15) is 8.42 Å². The van der Waals surface area contributed by atoms with Gasteiger partial charge in [-0.05, 0) is 67.6 Å². The van der Waals surface area contributed by atoms with Crippen molar-refractivity contribution in [1.82, 2.24) is 14.2 Å². The first-order valence-electron chi connectivity index (χ1n) is 10.9. The third-order valence-corrected chi connectivity index (χ3v) is 8.76. The quantitative estimate of drug-likeness (QED) is 0.471. The Bertz CT molecular complexity index is 1080. The molecule has 0 N–H and O–H groups in total. The number of nitrogens with zero attached hydrogens (tertiary/aromatic N) is 3. The Kier molecular flexibility index (Phi) is 7.57. The van der Waals surface area contributed by atoms with Crippen molar-refractivity contribution in [2.45, 2.75) is 36.7 Å². The maximum absolute atomic E-state index is 13.7. The molecular weight excluding hydrogens is 442 g/mol. The number of sulfonamides is 1. The Hall–Kier alpha value is -2.26. The summed E-state index contributed by atoms with van der Waals surface area (Å²) in [5, 5.41) is 2.11. The third kappa shape index (κ3) is 5.56. The molecule has 1 saturated heterocycles. The van der Waals surface area contributed by atoms with E-state index >= 15 is 0 Å². The van der Waals surface area contributed by atoms with E-state index in [1.807, 2.05) is 12.1 Å². The monoisotopic (exact) mass is 471 g/mol. The van der Waals surface area contributed by atoms with Crippen LogP contribution < -0.4 is 4.74 Å². The van der Waals surface area contributed by atoms with Gasteiger partial charge in [-0.3, -0.25) is 4.98 Å². The molecule has 2 aromatic heterocycles. The SMILES string of the molecule is COc1cccc(S(=O)(=O)N(Cc2cccnc2)C2CCN(CCc3cccs3)CC2)c1. The molecule has 0 saturated carbocycles. The van der Waals surface area contributed by atoms with Gasteiger partial charge in [-0.2, -0.15) is 4.31 Å². The lowest BCUT2D eigenvalue weighted by Crippen LogP contribution is -2.47. The second-order valence-corrected chi connectivity index (χ2v) is 10.9. The highest BCUT2D eigenvalue weighted by Crippen LogP contribution is 2.28. The van der Waals surface area contributed by atoms with Crippen molar-refractivity contribution in [3.63, 3.8) is 0 Å². The summed E-state index contributed by atoms with van der Waals surface area (Å²) in [7, 11) is -2.14. The molecular formula is C24H29N3O3S2. The molecule has 4 rings (SSSR count). The number of methoxy groups -OCH3 is 1. The number of benzene rings is 1. The van der Waals surface area contributed by atoms with Gasteiger partial charge in [-0.15, -0.1) is 11.3 Å². The van der Waals surface area contributed by atoms with Gasteiger partial charge in [0.15, 0.2) is 0 Å². The number of hydrogen-bond acceptors (Lipinski definition) is 6. The summed E-state index contributed by atoms with van der Waals surface area (Å²) in [6, 6.07) is 14.7. The summed E-state index contributed by atoms with van der Waals surface area (Å²) >= 11 is 1.79. The largest absolute Gasteiger partial charge is 0.497 e. The number of likely N-dealkylation sites (tertiary alicyclic amines) is 1. The summed E-state index contributed by atoms with van der Waals surface area (Å²) in [5.74, 6) is 0.538. The Balaban J connectivity index is 1.51. The van der Waals surface area contributed by atoms with Crippen molar-refractivity contribution in [2.24, 2.45) is 0 Å². The summed E-state index contributed by atoms with van der Waals surface area (Å²) in [6.07, 6.45) is 6.12. The molecule has 0 amide bonds. The second kappa shape index (κ2) is 10.6. The van der Waals surface area contributed by atoms with E-state index in [1.54, 1.807) is 59.4 Å². The van der Waals surface area contributed by atoms with E-state index in [-0.39, 0.29) is 10.9 Å². The smallest absolute Gasteiger partial charge is 0.243 e. The van der Waals surface area contributed by atoms with Crippen LogP contribution in [0.15, 0.2) is 71.2 Å². The Morgan fingerprint density at radius 3 is 2.69 bits per heavy atom. The van der Waals surface area contributed by atoms with Gasteiger partial charge >= 0.3 is 0 Å². The number of aromatic nitrogens is 1. The minimum absolute atomic E-state index is 0.0515. The summed E-state index contributed by atoms with van der Waals surface area (Å²) < 4.78 is 34.3. The third-order valence-electron chi connectivity index (χ3n) is 5.93. The summed E-state index contributed by atoms with van der Waals surface area (Å²) in [4.78, 5) is 8.28. The highest BCUT2D eigenvalue weighted by molar-refractivity contribution is 7.89. The van der Waals surface area contributed by atoms with Gasteiger partial charge in [0.1, 0.15) is 5.75 Å². The average molecular weight is 472 g/mol. The molecule has 3 heterocycles. The number of hydrogen-bond donors (Lipinski definition) is 0. The standard InChI is InChI=1S/C24H29N3O3S2/c1-30-22-6-2-8-24(17-22)32(28,29)27(19-20-5-3-12-25-18-20)21-9-13-26(14-10-21)15-11-23-7-4-16-31-23/h2-8,12,16-18,21H,9-11,13-15,19H2,1H3. The van der Waals surface area contributed by atoms with Crippen molar-refractivity contribution in [2.75, 3.05) is 26.7 Å². The van der Waals surface area contributed by atoms with E-state index in [2.05, 4.69) is 27.4 Å². The predicted octanol–water partition coefficient (Wildman–Crippen LogP) is 4.05. The maximum Gasteiger partial charge on any atom is 0.243 e. The fourth-order valence-electron chi connectivity index (χ4n) is 4.13. The lowest BCUT2D eigenvalue weighted by atomic mass is 10.0. The van der Waals surface area contributed by atoms with Gasteiger partial charge in [0.25, 0.3) is 0 Å². The fraction of sp³-hybridized carbons (Fsp3) is 0.375. The van der Waals surface area contributed by atoms with Crippen LogP contribution in [0.3, 0.4) is 0 Å². The van der Waals surface area contributed by atoms with Gasteiger partial charge in [-0.25, -0.2) is 8.42 Å². The van der Waals surface area contributed by atoms with Crippen molar-refractivity contribution in [3.05, 3.63) is 76.7 Å². The number of piperidine rings is 1. The molecule has 32 heavy (non-hydrogen) atoms. The Labute approximate surface area is 194 Å². The lowest BCUT2D eigenvalue weighted by Gasteiger charge is -2.38.